The molecule has 1 aromatic heterocycles. The van der Waals surface area contributed by atoms with Gasteiger partial charge >= 0.3 is 12.1 Å². The van der Waals surface area contributed by atoms with E-state index in [2.05, 4.69) is 15.6 Å². The van der Waals surface area contributed by atoms with Crippen LogP contribution in [0.3, 0.4) is 0 Å². The Morgan fingerprint density at radius 3 is 2.36 bits per heavy atom. The molecule has 55 heavy (non-hydrogen) atoms. The van der Waals surface area contributed by atoms with Gasteiger partial charge in [0.15, 0.2) is 6.61 Å². The molecule has 300 valence electrons. The number of fused-ring (bicyclic) bond motifs is 1. The first-order valence-electron chi connectivity index (χ1n) is 19.3. The third-order valence-electron chi connectivity index (χ3n) is 10.5. The zero-order chi connectivity index (χ0) is 39.7. The van der Waals surface area contributed by atoms with Gasteiger partial charge in [-0.3, -0.25) is 24.0 Å². The van der Waals surface area contributed by atoms with Crippen molar-refractivity contribution in [3.05, 3.63) is 35.5 Å². The first-order chi connectivity index (χ1) is 26.3. The molecule has 0 bridgehead atoms. The van der Waals surface area contributed by atoms with Crippen LogP contribution in [0.1, 0.15) is 88.2 Å². The van der Waals surface area contributed by atoms with Crippen molar-refractivity contribution in [3.8, 4) is 5.75 Å². The topological polar surface area (TPSA) is 197 Å². The maximum Gasteiger partial charge on any atom is 0.409 e. The van der Waals surface area contributed by atoms with Crippen LogP contribution in [-0.2, 0) is 28.7 Å². The van der Waals surface area contributed by atoms with Crippen molar-refractivity contribution in [1.82, 2.24) is 30.3 Å². The number of hydrogen-bond donors (Lipinski definition) is 3. The van der Waals surface area contributed by atoms with Crippen molar-refractivity contribution in [2.24, 2.45) is 0 Å². The van der Waals surface area contributed by atoms with E-state index < -0.39 is 41.6 Å². The maximum atomic E-state index is 13.9. The zero-order valence-electron chi connectivity index (χ0n) is 32.3. The number of hydrogen-bond acceptors (Lipinski definition) is 11. The first-order valence-corrected chi connectivity index (χ1v) is 19.3. The van der Waals surface area contributed by atoms with Crippen molar-refractivity contribution >= 4 is 46.6 Å². The molecule has 3 fully saturated rings. The highest BCUT2D eigenvalue weighted by Gasteiger charge is 2.36. The van der Waals surface area contributed by atoms with Gasteiger partial charge in [0.2, 0.25) is 11.8 Å². The molecule has 16 heteroatoms. The van der Waals surface area contributed by atoms with Crippen LogP contribution in [0.15, 0.2) is 24.3 Å². The molecule has 0 radical (unpaired) electrons. The number of esters is 1. The predicted octanol–water partition coefficient (Wildman–Crippen LogP) is 2.47. The van der Waals surface area contributed by atoms with E-state index in [9.17, 15) is 33.9 Å². The van der Waals surface area contributed by atoms with Crippen molar-refractivity contribution in [2.45, 2.75) is 103 Å². The van der Waals surface area contributed by atoms with Crippen molar-refractivity contribution in [1.29, 1.82) is 0 Å². The SMILES string of the molecule is CCOC(=O)N1CCN(C(=O)[C@H](CCC(=O)OCC(C)(O)CC)NC(=O)c2cc(OCC(=O)N3CCC[C@H]3C(=O)NC3CCC3)c3ccc(C)cc3n2)CC1. The van der Waals surface area contributed by atoms with Crippen molar-refractivity contribution in [3.63, 3.8) is 0 Å². The zero-order valence-corrected chi connectivity index (χ0v) is 32.3. The van der Waals surface area contributed by atoms with Gasteiger partial charge in [0.1, 0.15) is 30.1 Å². The maximum absolute atomic E-state index is 13.9. The fraction of sp³-hybridized carbons (Fsp3) is 0.615. The summed E-state index contributed by atoms with van der Waals surface area (Å²) in [5.74, 6) is -2.08. The summed E-state index contributed by atoms with van der Waals surface area (Å²) in [5.41, 5.74) is 0.0137. The van der Waals surface area contributed by atoms with Crippen LogP contribution in [0.4, 0.5) is 4.79 Å². The van der Waals surface area contributed by atoms with Gasteiger partial charge in [-0.05, 0) is 83.4 Å². The molecule has 3 aliphatic rings. The molecule has 1 aromatic carbocycles. The van der Waals surface area contributed by atoms with Crippen molar-refractivity contribution < 1.29 is 48.1 Å². The fourth-order valence-corrected chi connectivity index (χ4v) is 6.66. The van der Waals surface area contributed by atoms with Crippen LogP contribution in [0, 0.1) is 6.92 Å². The first kappa shape index (κ1) is 41.2. The van der Waals surface area contributed by atoms with E-state index >= 15 is 0 Å². The molecule has 2 aromatic rings. The summed E-state index contributed by atoms with van der Waals surface area (Å²) in [6, 6.07) is 5.25. The van der Waals surface area contributed by atoms with Gasteiger partial charge in [-0.15, -0.1) is 0 Å². The molecular formula is C39H54N6O10. The summed E-state index contributed by atoms with van der Waals surface area (Å²) in [5, 5.41) is 16.6. The normalized spacial score (nSPS) is 18.9. The van der Waals surface area contributed by atoms with Crippen LogP contribution < -0.4 is 15.4 Å². The van der Waals surface area contributed by atoms with E-state index in [1.165, 1.54) is 15.9 Å². The average Bonchev–Trinajstić information content (AvgIpc) is 3.66. The quantitative estimate of drug-likeness (QED) is 0.225. The average molecular weight is 767 g/mol. The standard InChI is InChI=1S/C39H54N6O10/c1-5-39(4,52)24-55-34(47)15-14-28(37(50)43-17-19-44(20-18-43)38(51)53-6-2)42-35(48)30-22-32(27-13-12-25(3)21-29(27)41-30)54-23-33(46)45-16-8-11-31(45)36(49)40-26-9-7-10-26/h12-13,21-22,26,28,31,52H,5-11,14-20,23-24H2,1-4H3,(H,40,49)(H,42,48)/t28-,31-,39?/m0/s1. The highest BCUT2D eigenvalue weighted by molar-refractivity contribution is 5.99. The highest BCUT2D eigenvalue weighted by Crippen LogP contribution is 2.28. The molecule has 2 aliphatic heterocycles. The lowest BCUT2D eigenvalue weighted by molar-refractivity contribution is -0.151. The second-order valence-corrected chi connectivity index (χ2v) is 14.8. The Balaban J connectivity index is 1.31. The van der Waals surface area contributed by atoms with Crippen LogP contribution in [0.25, 0.3) is 10.9 Å². The molecule has 3 N–H and O–H groups in total. The van der Waals surface area contributed by atoms with Crippen LogP contribution in [-0.4, -0.2) is 137 Å². The second-order valence-electron chi connectivity index (χ2n) is 14.8. The number of benzene rings is 1. The number of likely N-dealkylation sites (tertiary alicyclic amines) is 1. The van der Waals surface area contributed by atoms with E-state index in [4.69, 9.17) is 14.2 Å². The van der Waals surface area contributed by atoms with E-state index in [0.717, 1.165) is 24.8 Å². The summed E-state index contributed by atoms with van der Waals surface area (Å²) in [4.78, 5) is 88.3. The number of piperazine rings is 1. The molecular weight excluding hydrogens is 712 g/mol. The number of rotatable bonds is 15. The molecule has 5 rings (SSSR count). The third kappa shape index (κ3) is 10.8. The second kappa shape index (κ2) is 18.6. The monoisotopic (exact) mass is 766 g/mol. The molecule has 3 heterocycles. The summed E-state index contributed by atoms with van der Waals surface area (Å²) < 4.78 is 16.4. The van der Waals surface area contributed by atoms with Gasteiger partial charge in [0.25, 0.3) is 11.8 Å². The van der Waals surface area contributed by atoms with Gasteiger partial charge in [-0.2, -0.15) is 0 Å². The minimum atomic E-state index is -1.21. The third-order valence-corrected chi connectivity index (χ3v) is 10.5. The molecule has 16 nitrogen and oxygen atoms in total. The van der Waals surface area contributed by atoms with E-state index in [-0.39, 0.29) is 88.1 Å². The number of aryl methyl sites for hydroxylation is 1. The van der Waals surface area contributed by atoms with Gasteiger partial charge in [-0.25, -0.2) is 9.78 Å². The lowest BCUT2D eigenvalue weighted by Crippen LogP contribution is -2.56. The number of carbonyl (C=O) groups is 6. The molecule has 5 amide bonds. The molecule has 3 atom stereocenters. The number of aromatic nitrogens is 1. The summed E-state index contributed by atoms with van der Waals surface area (Å²) in [6.45, 7) is 7.80. The van der Waals surface area contributed by atoms with Gasteiger partial charge in [0, 0.05) is 56.6 Å². The molecule has 0 spiro atoms. The summed E-state index contributed by atoms with van der Waals surface area (Å²) >= 11 is 0. The number of nitrogens with one attached hydrogen (secondary N) is 2. The van der Waals surface area contributed by atoms with Crippen LogP contribution in [0.5, 0.6) is 5.75 Å². The fourth-order valence-electron chi connectivity index (χ4n) is 6.66. The minimum Gasteiger partial charge on any atom is -0.483 e. The lowest BCUT2D eigenvalue weighted by Gasteiger charge is -2.36. The Morgan fingerprint density at radius 2 is 1.69 bits per heavy atom. The van der Waals surface area contributed by atoms with Gasteiger partial charge in [-0.1, -0.05) is 13.0 Å². The molecule has 1 aliphatic carbocycles. The number of pyridine rings is 1. The Bertz CT molecular complexity index is 1740. The van der Waals surface area contributed by atoms with Gasteiger partial charge < -0.3 is 44.7 Å². The largest absolute Gasteiger partial charge is 0.483 e. The highest BCUT2D eigenvalue weighted by atomic mass is 16.6. The summed E-state index contributed by atoms with van der Waals surface area (Å²) in [6.07, 6.45) is 3.80. The Labute approximate surface area is 321 Å². The van der Waals surface area contributed by atoms with Crippen molar-refractivity contribution in [2.75, 3.05) is 52.5 Å². The number of aliphatic hydroxyl groups is 1. The van der Waals surface area contributed by atoms with Crippen LogP contribution in [0.2, 0.25) is 0 Å². The Morgan fingerprint density at radius 1 is 0.964 bits per heavy atom. The van der Waals surface area contributed by atoms with E-state index in [1.54, 1.807) is 37.8 Å². The lowest BCUT2D eigenvalue weighted by atomic mass is 9.93. The predicted molar refractivity (Wildman–Crippen MR) is 200 cm³/mol. The van der Waals surface area contributed by atoms with E-state index in [0.29, 0.717) is 36.7 Å². The molecule has 1 saturated carbocycles. The van der Waals surface area contributed by atoms with Crippen LogP contribution >= 0.6 is 0 Å². The summed E-state index contributed by atoms with van der Waals surface area (Å²) in [7, 11) is 0. The van der Waals surface area contributed by atoms with Gasteiger partial charge in [0.05, 0.1) is 17.7 Å². The Kier molecular flexibility index (Phi) is 13.9. The number of ether oxygens (including phenoxy) is 3. The molecule has 1 unspecified atom stereocenters. The number of nitrogens with zero attached hydrogens (tertiary/aromatic N) is 4. The molecule has 2 saturated heterocycles. The minimum absolute atomic E-state index is 0.0778. The van der Waals surface area contributed by atoms with E-state index in [1.807, 2.05) is 13.0 Å². The smallest absolute Gasteiger partial charge is 0.409 e. The Hall–Kier alpha value is -4.99. The number of carbonyl (C=O) groups excluding carboxylic acids is 6. The number of amides is 5.